The molecule has 25 heavy (non-hydrogen) atoms. The fourth-order valence-corrected chi connectivity index (χ4v) is 2.88. The molecule has 1 N–H and O–H groups in total. The molecule has 0 bridgehead atoms. The van der Waals surface area contributed by atoms with Crippen molar-refractivity contribution in [3.8, 4) is 17.2 Å². The number of pyridine rings is 1. The molecule has 5 nitrogen and oxygen atoms in total. The van der Waals surface area contributed by atoms with Crippen LogP contribution in [0.25, 0.3) is 22.0 Å². The summed E-state index contributed by atoms with van der Waals surface area (Å²) in [5, 5.41) is 17.1. The Morgan fingerprint density at radius 1 is 1.08 bits per heavy atom. The Kier molecular flexibility index (Phi) is 3.64. The summed E-state index contributed by atoms with van der Waals surface area (Å²) in [5.74, 6) is 0. The third-order valence-electron chi connectivity index (χ3n) is 4.17. The van der Waals surface area contributed by atoms with Crippen molar-refractivity contribution in [2.24, 2.45) is 0 Å². The molecule has 120 valence electrons. The minimum atomic E-state index is -0.0753. The first-order chi connectivity index (χ1) is 12.2. The van der Waals surface area contributed by atoms with E-state index in [9.17, 15) is 4.79 Å². The highest BCUT2D eigenvalue weighted by Crippen LogP contribution is 2.22. The van der Waals surface area contributed by atoms with E-state index in [0.717, 1.165) is 27.6 Å². The Bertz CT molecular complexity index is 1160. The SMILES string of the molecule is N#Cc1cccc(Cn2cc(-c3ccc4cn[nH]c4c3)ccc2=O)c1. The molecule has 0 saturated carbocycles. The lowest BCUT2D eigenvalue weighted by molar-refractivity contribution is 0.761. The Morgan fingerprint density at radius 3 is 2.84 bits per heavy atom. The van der Waals surface area contributed by atoms with Gasteiger partial charge in [-0.1, -0.05) is 24.3 Å². The van der Waals surface area contributed by atoms with Gasteiger partial charge in [0.05, 0.1) is 29.9 Å². The molecule has 0 aliphatic rings. The number of aromatic nitrogens is 3. The lowest BCUT2D eigenvalue weighted by Crippen LogP contribution is -2.19. The van der Waals surface area contributed by atoms with Gasteiger partial charge in [0, 0.05) is 17.6 Å². The van der Waals surface area contributed by atoms with Crippen molar-refractivity contribution in [2.45, 2.75) is 6.54 Å². The molecular weight excluding hydrogens is 312 g/mol. The average molecular weight is 326 g/mol. The molecule has 4 aromatic rings. The zero-order valence-corrected chi connectivity index (χ0v) is 13.3. The quantitative estimate of drug-likeness (QED) is 0.627. The van der Waals surface area contributed by atoms with E-state index in [1.165, 1.54) is 0 Å². The highest BCUT2D eigenvalue weighted by atomic mass is 16.1. The molecule has 4 rings (SSSR count). The number of fused-ring (bicyclic) bond motifs is 1. The van der Waals surface area contributed by atoms with Crippen molar-refractivity contribution in [1.29, 1.82) is 5.26 Å². The van der Waals surface area contributed by atoms with E-state index >= 15 is 0 Å². The van der Waals surface area contributed by atoms with Gasteiger partial charge in [-0.3, -0.25) is 9.89 Å². The summed E-state index contributed by atoms with van der Waals surface area (Å²) in [6, 6.07) is 18.8. The van der Waals surface area contributed by atoms with Crippen molar-refractivity contribution in [3.63, 3.8) is 0 Å². The first kappa shape index (κ1) is 14.9. The first-order valence-electron chi connectivity index (χ1n) is 7.86. The van der Waals surface area contributed by atoms with Gasteiger partial charge in [-0.25, -0.2) is 0 Å². The zero-order chi connectivity index (χ0) is 17.2. The highest BCUT2D eigenvalue weighted by molar-refractivity contribution is 5.83. The number of aromatic amines is 1. The summed E-state index contributed by atoms with van der Waals surface area (Å²) in [4.78, 5) is 12.2. The van der Waals surface area contributed by atoms with Gasteiger partial charge in [0.1, 0.15) is 0 Å². The maximum Gasteiger partial charge on any atom is 0.250 e. The van der Waals surface area contributed by atoms with E-state index in [2.05, 4.69) is 16.3 Å². The van der Waals surface area contributed by atoms with Gasteiger partial charge < -0.3 is 4.57 Å². The molecule has 2 aromatic heterocycles. The predicted octanol–water partition coefficient (Wildman–Crippen LogP) is 3.31. The van der Waals surface area contributed by atoms with Crippen LogP contribution in [0.3, 0.4) is 0 Å². The summed E-state index contributed by atoms with van der Waals surface area (Å²) in [7, 11) is 0. The van der Waals surface area contributed by atoms with Crippen molar-refractivity contribution in [3.05, 3.63) is 88.5 Å². The normalized spacial score (nSPS) is 10.7. The van der Waals surface area contributed by atoms with Gasteiger partial charge in [0.2, 0.25) is 0 Å². The molecule has 0 unspecified atom stereocenters. The van der Waals surface area contributed by atoms with Gasteiger partial charge in [-0.15, -0.1) is 0 Å². The van der Waals surface area contributed by atoms with Crippen molar-refractivity contribution >= 4 is 10.9 Å². The summed E-state index contributed by atoms with van der Waals surface area (Å²) in [6.07, 6.45) is 3.63. The van der Waals surface area contributed by atoms with E-state index in [1.807, 2.05) is 42.6 Å². The lowest BCUT2D eigenvalue weighted by atomic mass is 10.1. The number of hydrogen-bond donors (Lipinski definition) is 1. The number of hydrogen-bond acceptors (Lipinski definition) is 3. The lowest BCUT2D eigenvalue weighted by Gasteiger charge is -2.09. The van der Waals surface area contributed by atoms with Crippen molar-refractivity contribution in [2.75, 3.05) is 0 Å². The van der Waals surface area contributed by atoms with E-state index in [4.69, 9.17) is 5.26 Å². The van der Waals surface area contributed by atoms with Gasteiger partial charge in [0.25, 0.3) is 5.56 Å². The Morgan fingerprint density at radius 2 is 1.96 bits per heavy atom. The number of nitrogens with zero attached hydrogens (tertiary/aromatic N) is 3. The van der Waals surface area contributed by atoms with Crippen LogP contribution in [0.15, 0.2) is 71.8 Å². The predicted molar refractivity (Wildman–Crippen MR) is 96.0 cm³/mol. The summed E-state index contributed by atoms with van der Waals surface area (Å²) in [6.45, 7) is 0.425. The molecule has 0 amide bonds. The van der Waals surface area contributed by atoms with Gasteiger partial charge in [-0.2, -0.15) is 10.4 Å². The molecule has 0 atom stereocenters. The average Bonchev–Trinajstić information content (AvgIpc) is 3.11. The number of nitriles is 1. The molecule has 2 aromatic carbocycles. The summed E-state index contributed by atoms with van der Waals surface area (Å²) < 4.78 is 1.66. The molecule has 2 heterocycles. The van der Waals surface area contributed by atoms with E-state index < -0.39 is 0 Å². The fraction of sp³-hybridized carbons (Fsp3) is 0.0500. The van der Waals surface area contributed by atoms with E-state index in [1.54, 1.807) is 29.0 Å². The Hall–Kier alpha value is -3.65. The van der Waals surface area contributed by atoms with Crippen LogP contribution >= 0.6 is 0 Å². The van der Waals surface area contributed by atoms with Crippen LogP contribution < -0.4 is 5.56 Å². The minimum absolute atomic E-state index is 0.0753. The second-order valence-electron chi connectivity index (χ2n) is 5.87. The molecule has 0 aliphatic carbocycles. The van der Waals surface area contributed by atoms with Crippen LogP contribution in [0.1, 0.15) is 11.1 Å². The van der Waals surface area contributed by atoms with Crippen LogP contribution in [0.4, 0.5) is 0 Å². The first-order valence-corrected chi connectivity index (χ1v) is 7.86. The largest absolute Gasteiger partial charge is 0.310 e. The smallest absolute Gasteiger partial charge is 0.250 e. The van der Waals surface area contributed by atoms with Crippen LogP contribution in [0.5, 0.6) is 0 Å². The zero-order valence-electron chi connectivity index (χ0n) is 13.3. The van der Waals surface area contributed by atoms with Crippen LogP contribution in [-0.2, 0) is 6.54 Å². The third kappa shape index (κ3) is 2.93. The maximum atomic E-state index is 12.2. The standard InChI is InChI=1S/C20H14N4O/c21-10-14-2-1-3-15(8-14)12-24-13-18(6-7-20(24)25)16-4-5-17-11-22-23-19(17)9-16/h1-9,11,13H,12H2,(H,22,23). The summed E-state index contributed by atoms with van der Waals surface area (Å²) >= 11 is 0. The highest BCUT2D eigenvalue weighted by Gasteiger charge is 2.05. The Balaban J connectivity index is 1.73. The second kappa shape index (κ2) is 6.10. The molecule has 0 radical (unpaired) electrons. The number of rotatable bonds is 3. The minimum Gasteiger partial charge on any atom is -0.310 e. The number of benzene rings is 2. The van der Waals surface area contributed by atoms with Crippen LogP contribution in [0, 0.1) is 11.3 Å². The van der Waals surface area contributed by atoms with Crippen molar-refractivity contribution < 1.29 is 0 Å². The molecule has 0 spiro atoms. The second-order valence-corrected chi connectivity index (χ2v) is 5.87. The topological polar surface area (TPSA) is 74.5 Å². The van der Waals surface area contributed by atoms with E-state index in [-0.39, 0.29) is 5.56 Å². The molecule has 0 aliphatic heterocycles. The fourth-order valence-electron chi connectivity index (χ4n) is 2.88. The van der Waals surface area contributed by atoms with Crippen molar-refractivity contribution in [1.82, 2.24) is 14.8 Å². The van der Waals surface area contributed by atoms with Gasteiger partial charge >= 0.3 is 0 Å². The maximum absolute atomic E-state index is 12.2. The number of H-pyrrole nitrogens is 1. The van der Waals surface area contributed by atoms with E-state index in [0.29, 0.717) is 12.1 Å². The molecule has 5 heteroatoms. The molecule has 0 fully saturated rings. The Labute approximate surface area is 143 Å². The van der Waals surface area contributed by atoms with Gasteiger partial charge in [0.15, 0.2) is 0 Å². The monoisotopic (exact) mass is 326 g/mol. The van der Waals surface area contributed by atoms with Crippen LogP contribution in [0.2, 0.25) is 0 Å². The summed E-state index contributed by atoms with van der Waals surface area (Å²) in [5.41, 5.74) is 4.35. The molecular formula is C20H14N4O. The third-order valence-corrected chi connectivity index (χ3v) is 4.17. The number of nitrogens with one attached hydrogen (secondary N) is 1. The van der Waals surface area contributed by atoms with Crippen LogP contribution in [-0.4, -0.2) is 14.8 Å². The van der Waals surface area contributed by atoms with Gasteiger partial charge in [-0.05, 0) is 41.0 Å². The molecule has 0 saturated heterocycles.